The lowest BCUT2D eigenvalue weighted by molar-refractivity contribution is 0.170. The highest BCUT2D eigenvalue weighted by Crippen LogP contribution is 2.35. The van der Waals surface area contributed by atoms with Gasteiger partial charge in [-0.25, -0.2) is 0 Å². The maximum absolute atomic E-state index is 5.77. The number of rotatable bonds is 6. The largest absolute Gasteiger partial charge is 0.271 e. The minimum Gasteiger partial charge on any atom is -0.271 e. The topological polar surface area (TPSA) is 38.0 Å². The first kappa shape index (κ1) is 14.0. The summed E-state index contributed by atoms with van der Waals surface area (Å²) in [6.45, 7) is 6.90. The van der Waals surface area contributed by atoms with E-state index >= 15 is 0 Å². The quantitative estimate of drug-likeness (QED) is 0.537. The van der Waals surface area contributed by atoms with Gasteiger partial charge in [0.1, 0.15) is 0 Å². The Balaban J connectivity index is 2.48. The maximum atomic E-state index is 5.77. The zero-order valence-corrected chi connectivity index (χ0v) is 11.3. The Kier molecular flexibility index (Phi) is 6.37. The van der Waals surface area contributed by atoms with Crippen molar-refractivity contribution in [1.29, 1.82) is 0 Å². The Labute approximate surface area is 101 Å². The van der Waals surface area contributed by atoms with Crippen LogP contribution >= 0.6 is 0 Å². The monoisotopic (exact) mass is 226 g/mol. The van der Waals surface area contributed by atoms with E-state index in [1.165, 1.54) is 44.9 Å². The molecule has 2 nitrogen and oxygen atoms in total. The van der Waals surface area contributed by atoms with Crippen molar-refractivity contribution in [2.45, 2.75) is 71.8 Å². The summed E-state index contributed by atoms with van der Waals surface area (Å²) < 4.78 is 0. The molecule has 16 heavy (non-hydrogen) atoms. The SMILES string of the molecule is CCC1CCC(C(NN)C(CC)CC)CC1. The van der Waals surface area contributed by atoms with Gasteiger partial charge in [0.2, 0.25) is 0 Å². The lowest BCUT2D eigenvalue weighted by Gasteiger charge is -2.37. The van der Waals surface area contributed by atoms with E-state index in [0.29, 0.717) is 6.04 Å². The number of nitrogens with two attached hydrogens (primary N) is 1. The van der Waals surface area contributed by atoms with Gasteiger partial charge in [-0.05, 0) is 30.6 Å². The molecule has 1 aliphatic rings. The molecule has 0 amide bonds. The van der Waals surface area contributed by atoms with Crippen molar-refractivity contribution in [3.05, 3.63) is 0 Å². The van der Waals surface area contributed by atoms with E-state index in [9.17, 15) is 0 Å². The fourth-order valence-electron chi connectivity index (χ4n) is 3.41. The fourth-order valence-corrected chi connectivity index (χ4v) is 3.41. The van der Waals surface area contributed by atoms with E-state index < -0.39 is 0 Å². The molecule has 1 unspecified atom stereocenters. The third-order valence-corrected chi connectivity index (χ3v) is 4.73. The van der Waals surface area contributed by atoms with Crippen molar-refractivity contribution in [3.8, 4) is 0 Å². The average molecular weight is 226 g/mol. The maximum Gasteiger partial charge on any atom is 0.0266 e. The molecule has 96 valence electrons. The minimum atomic E-state index is 0.549. The average Bonchev–Trinajstić information content (AvgIpc) is 2.36. The Morgan fingerprint density at radius 3 is 2.00 bits per heavy atom. The Morgan fingerprint density at radius 2 is 1.62 bits per heavy atom. The normalized spacial score (nSPS) is 28.3. The zero-order chi connectivity index (χ0) is 12.0. The predicted octanol–water partition coefficient (Wildman–Crippen LogP) is 3.47. The van der Waals surface area contributed by atoms with Gasteiger partial charge in [-0.15, -0.1) is 0 Å². The summed E-state index contributed by atoms with van der Waals surface area (Å²) in [6.07, 6.45) is 9.45. The van der Waals surface area contributed by atoms with Gasteiger partial charge >= 0.3 is 0 Å². The van der Waals surface area contributed by atoms with Crippen LogP contribution in [0.1, 0.15) is 65.7 Å². The van der Waals surface area contributed by atoms with Crippen LogP contribution in [0, 0.1) is 17.8 Å². The molecule has 0 heterocycles. The lowest BCUT2D eigenvalue weighted by Crippen LogP contribution is -2.46. The lowest BCUT2D eigenvalue weighted by atomic mass is 9.73. The minimum absolute atomic E-state index is 0.549. The van der Waals surface area contributed by atoms with Gasteiger partial charge < -0.3 is 0 Å². The second kappa shape index (κ2) is 7.29. The van der Waals surface area contributed by atoms with Crippen LogP contribution in [0.2, 0.25) is 0 Å². The highest BCUT2D eigenvalue weighted by Gasteiger charge is 2.30. The molecule has 0 aromatic rings. The van der Waals surface area contributed by atoms with E-state index in [-0.39, 0.29) is 0 Å². The van der Waals surface area contributed by atoms with Crippen LogP contribution in [0.3, 0.4) is 0 Å². The Bertz CT molecular complexity index is 170. The molecule has 3 N–H and O–H groups in total. The summed E-state index contributed by atoms with van der Waals surface area (Å²) in [4.78, 5) is 0. The third kappa shape index (κ3) is 3.46. The summed E-state index contributed by atoms with van der Waals surface area (Å²) in [5, 5.41) is 0. The van der Waals surface area contributed by atoms with Crippen molar-refractivity contribution in [3.63, 3.8) is 0 Å². The van der Waals surface area contributed by atoms with Crippen molar-refractivity contribution in [2.24, 2.45) is 23.6 Å². The number of hydrogen-bond donors (Lipinski definition) is 2. The second-order valence-electron chi connectivity index (χ2n) is 5.46. The van der Waals surface area contributed by atoms with E-state index in [1.54, 1.807) is 0 Å². The molecule has 1 fully saturated rings. The highest BCUT2D eigenvalue weighted by atomic mass is 15.2. The van der Waals surface area contributed by atoms with Gasteiger partial charge in [-0.1, -0.05) is 52.9 Å². The molecule has 0 aromatic heterocycles. The molecule has 0 bridgehead atoms. The Hall–Kier alpha value is -0.0800. The first-order valence-electron chi connectivity index (χ1n) is 7.22. The summed E-state index contributed by atoms with van der Waals surface area (Å²) in [6, 6.07) is 0.549. The van der Waals surface area contributed by atoms with Gasteiger partial charge in [-0.2, -0.15) is 0 Å². The predicted molar refractivity (Wildman–Crippen MR) is 70.9 cm³/mol. The summed E-state index contributed by atoms with van der Waals surface area (Å²) >= 11 is 0. The number of hydrazine groups is 1. The molecule has 2 heteroatoms. The summed E-state index contributed by atoms with van der Waals surface area (Å²) in [5.74, 6) is 8.33. The van der Waals surface area contributed by atoms with Crippen molar-refractivity contribution < 1.29 is 0 Å². The Morgan fingerprint density at radius 1 is 1.06 bits per heavy atom. The smallest absolute Gasteiger partial charge is 0.0266 e. The van der Waals surface area contributed by atoms with Crippen molar-refractivity contribution in [2.75, 3.05) is 0 Å². The molecular formula is C14H30N2. The molecule has 0 spiro atoms. The summed E-state index contributed by atoms with van der Waals surface area (Å²) in [5.41, 5.74) is 3.11. The van der Waals surface area contributed by atoms with Crippen molar-refractivity contribution >= 4 is 0 Å². The van der Waals surface area contributed by atoms with Crippen LogP contribution in [-0.4, -0.2) is 6.04 Å². The van der Waals surface area contributed by atoms with Crippen LogP contribution in [0.4, 0.5) is 0 Å². The first-order valence-corrected chi connectivity index (χ1v) is 7.22. The first-order chi connectivity index (χ1) is 7.76. The van der Waals surface area contributed by atoms with Crippen LogP contribution in [0.15, 0.2) is 0 Å². The second-order valence-corrected chi connectivity index (χ2v) is 5.46. The van der Waals surface area contributed by atoms with Gasteiger partial charge in [-0.3, -0.25) is 11.3 Å². The number of nitrogens with one attached hydrogen (secondary N) is 1. The van der Waals surface area contributed by atoms with Gasteiger partial charge in [0, 0.05) is 6.04 Å². The molecule has 0 aromatic carbocycles. The standard InChI is InChI=1S/C14H30N2/c1-4-11-7-9-13(10-8-11)14(16-15)12(5-2)6-3/h11-14,16H,4-10,15H2,1-3H3. The molecule has 0 saturated heterocycles. The number of hydrogen-bond acceptors (Lipinski definition) is 2. The molecule has 1 aliphatic carbocycles. The van der Waals surface area contributed by atoms with Gasteiger partial charge in [0.25, 0.3) is 0 Å². The van der Waals surface area contributed by atoms with Crippen LogP contribution in [-0.2, 0) is 0 Å². The molecule has 0 aliphatic heterocycles. The summed E-state index contributed by atoms with van der Waals surface area (Å²) in [7, 11) is 0. The van der Waals surface area contributed by atoms with Crippen LogP contribution < -0.4 is 11.3 Å². The molecule has 0 radical (unpaired) electrons. The van der Waals surface area contributed by atoms with Gasteiger partial charge in [0.05, 0.1) is 0 Å². The molecule has 1 atom stereocenters. The van der Waals surface area contributed by atoms with E-state index in [1.807, 2.05) is 0 Å². The van der Waals surface area contributed by atoms with Crippen molar-refractivity contribution in [1.82, 2.24) is 5.43 Å². The molecular weight excluding hydrogens is 196 g/mol. The van der Waals surface area contributed by atoms with E-state index in [4.69, 9.17) is 5.84 Å². The fraction of sp³-hybridized carbons (Fsp3) is 1.00. The molecule has 1 saturated carbocycles. The molecule has 1 rings (SSSR count). The van der Waals surface area contributed by atoms with E-state index in [2.05, 4.69) is 26.2 Å². The van der Waals surface area contributed by atoms with Crippen LogP contribution in [0.5, 0.6) is 0 Å². The zero-order valence-electron chi connectivity index (χ0n) is 11.3. The van der Waals surface area contributed by atoms with E-state index in [0.717, 1.165) is 17.8 Å². The van der Waals surface area contributed by atoms with Gasteiger partial charge in [0.15, 0.2) is 0 Å². The van der Waals surface area contributed by atoms with Crippen LogP contribution in [0.25, 0.3) is 0 Å². The highest BCUT2D eigenvalue weighted by molar-refractivity contribution is 4.84. The third-order valence-electron chi connectivity index (χ3n) is 4.73.